The summed E-state index contributed by atoms with van der Waals surface area (Å²) in [6, 6.07) is 0. The van der Waals surface area contributed by atoms with E-state index in [0.29, 0.717) is 0 Å². The normalized spacial score (nSPS) is 10.8. The average molecular weight is 257 g/mol. The van der Waals surface area contributed by atoms with Crippen LogP contribution in [0, 0.1) is 6.92 Å². The van der Waals surface area contributed by atoms with Crippen molar-refractivity contribution in [2.45, 2.75) is 13.3 Å². The molecular weight excluding hydrogens is 253 g/mol. The van der Waals surface area contributed by atoms with Crippen molar-refractivity contribution in [1.82, 2.24) is 9.97 Å². The van der Waals surface area contributed by atoms with Crippen molar-refractivity contribution >= 4 is 27.5 Å². The number of alkyl halides is 2. The highest BCUT2D eigenvalue weighted by atomic mass is 79.9. The van der Waals surface area contributed by atoms with Crippen molar-refractivity contribution in [3.05, 3.63) is 21.1 Å². The third kappa shape index (κ3) is 1.90. The summed E-state index contributed by atoms with van der Waals surface area (Å²) >= 11 is 8.41. The van der Waals surface area contributed by atoms with Crippen molar-refractivity contribution in [3.63, 3.8) is 0 Å². The van der Waals surface area contributed by atoms with Crippen LogP contribution in [0.4, 0.5) is 8.78 Å². The van der Waals surface area contributed by atoms with E-state index in [1.807, 2.05) is 0 Å². The van der Waals surface area contributed by atoms with Gasteiger partial charge in [-0.05, 0) is 22.9 Å². The van der Waals surface area contributed by atoms with E-state index < -0.39 is 6.43 Å². The van der Waals surface area contributed by atoms with Gasteiger partial charge in [-0.2, -0.15) is 0 Å². The third-order valence-corrected chi connectivity index (χ3v) is 2.44. The monoisotopic (exact) mass is 256 g/mol. The zero-order chi connectivity index (χ0) is 9.30. The second kappa shape index (κ2) is 3.62. The summed E-state index contributed by atoms with van der Waals surface area (Å²) in [6.07, 6.45) is -2.64. The molecule has 1 heterocycles. The Labute approximate surface area is 81.1 Å². The largest absolute Gasteiger partial charge is 0.281 e. The summed E-state index contributed by atoms with van der Waals surface area (Å²) < 4.78 is 24.5. The molecule has 12 heavy (non-hydrogen) atoms. The van der Waals surface area contributed by atoms with Crippen LogP contribution >= 0.6 is 27.5 Å². The number of aromatic nitrogens is 2. The molecule has 0 fully saturated rings. The Morgan fingerprint density at radius 2 is 2.00 bits per heavy atom. The predicted octanol–water partition coefficient (Wildman–Crippen LogP) is 3.14. The lowest BCUT2D eigenvalue weighted by Crippen LogP contribution is -1.98. The smallest absolute Gasteiger partial charge is 0.231 e. The molecule has 0 atom stereocenters. The molecule has 0 aliphatic heterocycles. The fraction of sp³-hybridized carbons (Fsp3) is 0.333. The minimum Gasteiger partial charge on any atom is -0.231 e. The van der Waals surface area contributed by atoms with Gasteiger partial charge in [-0.25, -0.2) is 18.7 Å². The number of hydrogen-bond donors (Lipinski definition) is 0. The summed E-state index contributed by atoms with van der Waals surface area (Å²) in [7, 11) is 0. The maximum Gasteiger partial charge on any atom is 0.281 e. The van der Waals surface area contributed by atoms with Crippen LogP contribution in [0.2, 0.25) is 5.15 Å². The van der Waals surface area contributed by atoms with Crippen LogP contribution in [-0.4, -0.2) is 9.97 Å². The minimum atomic E-state index is -2.64. The molecular formula is C6H4BrClF2N2. The predicted molar refractivity (Wildman–Crippen MR) is 44.4 cm³/mol. The van der Waals surface area contributed by atoms with Gasteiger partial charge in [0, 0.05) is 0 Å². The van der Waals surface area contributed by atoms with Crippen LogP contribution in [-0.2, 0) is 0 Å². The SMILES string of the molecule is Cc1nc(Cl)c(Br)c(C(F)F)n1. The zero-order valence-electron chi connectivity index (χ0n) is 5.98. The van der Waals surface area contributed by atoms with Gasteiger partial charge >= 0.3 is 0 Å². The van der Waals surface area contributed by atoms with E-state index in [2.05, 4.69) is 25.9 Å². The van der Waals surface area contributed by atoms with Crippen molar-refractivity contribution in [2.24, 2.45) is 0 Å². The Hall–Kier alpha value is -0.290. The van der Waals surface area contributed by atoms with E-state index in [1.165, 1.54) is 6.92 Å². The lowest BCUT2D eigenvalue weighted by molar-refractivity contribution is 0.144. The Morgan fingerprint density at radius 1 is 1.42 bits per heavy atom. The summed E-state index contributed by atoms with van der Waals surface area (Å²) in [5, 5.41) is 0.0119. The standard InChI is InChI=1S/C6H4BrClF2N2/c1-2-11-4(6(9)10)3(7)5(8)12-2/h6H,1H3. The zero-order valence-corrected chi connectivity index (χ0v) is 8.33. The van der Waals surface area contributed by atoms with Crippen LogP contribution in [0.5, 0.6) is 0 Å². The van der Waals surface area contributed by atoms with Crippen molar-refractivity contribution in [3.8, 4) is 0 Å². The highest BCUT2D eigenvalue weighted by Gasteiger charge is 2.17. The van der Waals surface area contributed by atoms with Gasteiger partial charge in [-0.1, -0.05) is 11.6 Å². The van der Waals surface area contributed by atoms with Gasteiger partial charge in [0.05, 0.1) is 4.47 Å². The second-order valence-corrected chi connectivity index (χ2v) is 3.21. The molecule has 1 aromatic rings. The molecule has 0 saturated heterocycles. The van der Waals surface area contributed by atoms with Crippen molar-refractivity contribution in [1.29, 1.82) is 0 Å². The number of nitrogens with zero attached hydrogens (tertiary/aromatic N) is 2. The molecule has 0 radical (unpaired) electrons. The van der Waals surface area contributed by atoms with Gasteiger partial charge in [0.25, 0.3) is 6.43 Å². The number of hydrogen-bond acceptors (Lipinski definition) is 2. The quantitative estimate of drug-likeness (QED) is 0.722. The maximum atomic E-state index is 12.2. The highest BCUT2D eigenvalue weighted by Crippen LogP contribution is 2.29. The van der Waals surface area contributed by atoms with E-state index in [1.54, 1.807) is 0 Å². The average Bonchev–Trinajstić information content (AvgIpc) is 1.96. The molecule has 0 spiro atoms. The van der Waals surface area contributed by atoms with E-state index in [4.69, 9.17) is 11.6 Å². The van der Waals surface area contributed by atoms with Crippen LogP contribution in [0.3, 0.4) is 0 Å². The van der Waals surface area contributed by atoms with Gasteiger partial charge < -0.3 is 0 Å². The summed E-state index contributed by atoms with van der Waals surface area (Å²) in [5.74, 6) is 0.235. The second-order valence-electron chi connectivity index (χ2n) is 2.06. The third-order valence-electron chi connectivity index (χ3n) is 1.15. The molecule has 0 aliphatic carbocycles. The first-order chi connectivity index (χ1) is 5.52. The molecule has 66 valence electrons. The van der Waals surface area contributed by atoms with Gasteiger partial charge in [-0.15, -0.1) is 0 Å². The fourth-order valence-corrected chi connectivity index (χ4v) is 1.26. The first-order valence-electron chi connectivity index (χ1n) is 3.00. The lowest BCUT2D eigenvalue weighted by atomic mass is 10.4. The van der Waals surface area contributed by atoms with Gasteiger partial charge in [-0.3, -0.25) is 0 Å². The molecule has 0 N–H and O–H groups in total. The molecule has 2 nitrogen and oxygen atoms in total. The number of rotatable bonds is 1. The summed E-state index contributed by atoms with van der Waals surface area (Å²) in [4.78, 5) is 7.23. The van der Waals surface area contributed by atoms with Crippen molar-refractivity contribution < 1.29 is 8.78 Å². The van der Waals surface area contributed by atoms with Gasteiger partial charge in [0.15, 0.2) is 0 Å². The molecule has 0 unspecified atom stereocenters. The summed E-state index contributed by atoms with van der Waals surface area (Å²) in [6.45, 7) is 1.50. The Balaban J connectivity index is 3.28. The molecule has 1 rings (SSSR count). The lowest BCUT2D eigenvalue weighted by Gasteiger charge is -2.03. The molecule has 6 heteroatoms. The van der Waals surface area contributed by atoms with Crippen LogP contribution < -0.4 is 0 Å². The molecule has 0 aromatic carbocycles. The Bertz CT molecular complexity index is 306. The fourth-order valence-electron chi connectivity index (χ4n) is 0.690. The van der Waals surface area contributed by atoms with E-state index in [9.17, 15) is 8.78 Å². The topological polar surface area (TPSA) is 25.8 Å². The first-order valence-corrected chi connectivity index (χ1v) is 4.17. The van der Waals surface area contributed by atoms with Crippen LogP contribution in [0.15, 0.2) is 4.47 Å². The van der Waals surface area contributed by atoms with Crippen LogP contribution in [0.1, 0.15) is 17.9 Å². The van der Waals surface area contributed by atoms with E-state index >= 15 is 0 Å². The van der Waals surface area contributed by atoms with Gasteiger partial charge in [0.1, 0.15) is 16.7 Å². The number of halogens is 4. The highest BCUT2D eigenvalue weighted by molar-refractivity contribution is 9.10. The minimum absolute atomic E-state index is 0.0119. The van der Waals surface area contributed by atoms with Crippen LogP contribution in [0.25, 0.3) is 0 Å². The van der Waals surface area contributed by atoms with E-state index in [-0.39, 0.29) is 21.1 Å². The molecule has 0 bridgehead atoms. The Kier molecular flexibility index (Phi) is 2.95. The maximum absolute atomic E-state index is 12.2. The Morgan fingerprint density at radius 3 is 2.50 bits per heavy atom. The number of aryl methyl sites for hydroxylation is 1. The molecule has 0 aliphatic rings. The first kappa shape index (κ1) is 9.80. The molecule has 1 aromatic heterocycles. The molecule has 0 saturated carbocycles. The van der Waals surface area contributed by atoms with E-state index in [0.717, 1.165) is 0 Å². The van der Waals surface area contributed by atoms with Crippen molar-refractivity contribution in [2.75, 3.05) is 0 Å². The molecule has 0 amide bonds. The van der Waals surface area contributed by atoms with Gasteiger partial charge in [0.2, 0.25) is 0 Å². The summed E-state index contributed by atoms with van der Waals surface area (Å²) in [5.41, 5.74) is -0.368.